The highest BCUT2D eigenvalue weighted by Gasteiger charge is 2.31. The van der Waals surface area contributed by atoms with Crippen molar-refractivity contribution in [2.24, 2.45) is 0 Å². The Hall–Kier alpha value is -2.39. The molecule has 3 rings (SSSR count). The van der Waals surface area contributed by atoms with Gasteiger partial charge in [-0.1, -0.05) is 31.2 Å². The zero-order valence-electron chi connectivity index (χ0n) is 16.4. The minimum Gasteiger partial charge on any atom is -0.496 e. The zero-order chi connectivity index (χ0) is 20.1. The first-order valence-electron chi connectivity index (χ1n) is 9.71. The van der Waals surface area contributed by atoms with E-state index in [-0.39, 0.29) is 12.7 Å². The molecule has 1 aliphatic heterocycles. The van der Waals surface area contributed by atoms with Crippen LogP contribution in [0.15, 0.2) is 36.4 Å². The molecule has 1 saturated heterocycles. The Morgan fingerprint density at radius 2 is 1.89 bits per heavy atom. The maximum absolute atomic E-state index is 10.2. The smallest absolute Gasteiger partial charge is 0.126 e. The van der Waals surface area contributed by atoms with Crippen molar-refractivity contribution in [3.63, 3.8) is 0 Å². The van der Waals surface area contributed by atoms with Gasteiger partial charge in [-0.25, -0.2) is 0 Å². The van der Waals surface area contributed by atoms with Gasteiger partial charge < -0.3 is 19.7 Å². The molecule has 0 aromatic heterocycles. The lowest BCUT2D eigenvalue weighted by atomic mass is 9.91. The van der Waals surface area contributed by atoms with Crippen LogP contribution >= 0.6 is 0 Å². The van der Waals surface area contributed by atoms with Gasteiger partial charge in [-0.2, -0.15) is 5.26 Å². The molecule has 1 heterocycles. The number of rotatable bonds is 6. The van der Waals surface area contributed by atoms with Crippen molar-refractivity contribution in [3.05, 3.63) is 64.2 Å². The summed E-state index contributed by atoms with van der Waals surface area (Å²) in [6, 6.07) is 14.3. The number of aliphatic hydroxyl groups is 2. The van der Waals surface area contributed by atoms with Gasteiger partial charge in [-0.15, -0.1) is 0 Å². The van der Waals surface area contributed by atoms with Crippen molar-refractivity contribution in [1.29, 1.82) is 5.26 Å². The molecule has 5 nitrogen and oxygen atoms in total. The van der Waals surface area contributed by atoms with Crippen LogP contribution < -0.4 is 4.74 Å². The van der Waals surface area contributed by atoms with E-state index >= 15 is 0 Å². The molecule has 2 aromatic rings. The number of benzene rings is 2. The van der Waals surface area contributed by atoms with Gasteiger partial charge in [0.05, 0.1) is 43.7 Å². The van der Waals surface area contributed by atoms with Crippen LogP contribution in [0, 0.1) is 11.3 Å². The third-order valence-electron chi connectivity index (χ3n) is 5.33. The topological polar surface area (TPSA) is 82.7 Å². The van der Waals surface area contributed by atoms with Gasteiger partial charge in [0, 0.05) is 18.4 Å². The minimum absolute atomic E-state index is 0.136. The van der Waals surface area contributed by atoms with Gasteiger partial charge in [-0.3, -0.25) is 0 Å². The first-order chi connectivity index (χ1) is 13.6. The molecule has 0 amide bonds. The second-order valence-electron chi connectivity index (χ2n) is 7.26. The lowest BCUT2D eigenvalue weighted by molar-refractivity contribution is -0.114. The standard InChI is InChI=1S/C23H27NO4/c1-3-15-4-6-16(7-5-15)8-17-9-21(22(27-2)10-18(17)13-24)23-12-19(26)11-20(14-25)28-23/h4-7,9-10,19-20,23,25-26H,3,8,11-12,14H2,1-2H3/t19-,20-,23+/m0/s1. The summed E-state index contributed by atoms with van der Waals surface area (Å²) in [5.74, 6) is 0.567. The summed E-state index contributed by atoms with van der Waals surface area (Å²) in [5, 5.41) is 29.3. The van der Waals surface area contributed by atoms with Crippen molar-refractivity contribution in [2.75, 3.05) is 13.7 Å². The van der Waals surface area contributed by atoms with Crippen molar-refractivity contribution in [2.45, 2.75) is 50.9 Å². The Kier molecular flexibility index (Phi) is 6.69. The lowest BCUT2D eigenvalue weighted by Crippen LogP contribution is -2.33. The summed E-state index contributed by atoms with van der Waals surface area (Å²) in [7, 11) is 1.56. The Morgan fingerprint density at radius 3 is 2.50 bits per heavy atom. The van der Waals surface area contributed by atoms with E-state index in [1.165, 1.54) is 5.56 Å². The maximum Gasteiger partial charge on any atom is 0.126 e. The van der Waals surface area contributed by atoms with Gasteiger partial charge >= 0.3 is 0 Å². The van der Waals surface area contributed by atoms with Gasteiger partial charge in [0.2, 0.25) is 0 Å². The third-order valence-corrected chi connectivity index (χ3v) is 5.33. The summed E-state index contributed by atoms with van der Waals surface area (Å²) in [5.41, 5.74) is 4.67. The molecule has 0 unspecified atom stereocenters. The fraction of sp³-hybridized carbons (Fsp3) is 0.435. The van der Waals surface area contributed by atoms with Gasteiger partial charge in [0.25, 0.3) is 0 Å². The van der Waals surface area contributed by atoms with Crippen molar-refractivity contribution < 1.29 is 19.7 Å². The molecule has 1 aliphatic rings. The lowest BCUT2D eigenvalue weighted by Gasteiger charge is -2.33. The molecule has 148 valence electrons. The maximum atomic E-state index is 10.2. The van der Waals surface area contributed by atoms with E-state index in [0.29, 0.717) is 30.6 Å². The fourth-order valence-corrected chi connectivity index (χ4v) is 3.74. The first kappa shape index (κ1) is 20.3. The summed E-state index contributed by atoms with van der Waals surface area (Å²) in [4.78, 5) is 0. The third kappa shape index (κ3) is 4.53. The van der Waals surface area contributed by atoms with Crippen molar-refractivity contribution in [3.8, 4) is 11.8 Å². The quantitative estimate of drug-likeness (QED) is 0.802. The van der Waals surface area contributed by atoms with Crippen LogP contribution in [0.4, 0.5) is 0 Å². The fourth-order valence-electron chi connectivity index (χ4n) is 3.74. The predicted molar refractivity (Wildman–Crippen MR) is 106 cm³/mol. The number of nitriles is 1. The van der Waals surface area contributed by atoms with E-state index in [9.17, 15) is 15.5 Å². The number of aryl methyl sites for hydroxylation is 1. The summed E-state index contributed by atoms with van der Waals surface area (Å²) >= 11 is 0. The van der Waals surface area contributed by atoms with Gasteiger partial charge in [0.1, 0.15) is 5.75 Å². The Labute approximate surface area is 166 Å². The average Bonchev–Trinajstić information content (AvgIpc) is 2.73. The Balaban J connectivity index is 1.95. The monoisotopic (exact) mass is 381 g/mol. The van der Waals surface area contributed by atoms with E-state index in [2.05, 4.69) is 37.3 Å². The number of aliphatic hydroxyl groups excluding tert-OH is 2. The highest BCUT2D eigenvalue weighted by atomic mass is 16.5. The predicted octanol–water partition coefficient (Wildman–Crippen LogP) is 3.29. The SMILES string of the molecule is CCc1ccc(Cc2cc([C@H]3C[C@@H](O)C[C@@H](CO)O3)c(OC)cc2C#N)cc1. The number of ether oxygens (including phenoxy) is 2. The van der Waals surface area contributed by atoms with Crippen LogP contribution in [0.5, 0.6) is 5.75 Å². The molecule has 0 saturated carbocycles. The molecule has 0 bridgehead atoms. The van der Waals surface area contributed by atoms with Crippen molar-refractivity contribution in [1.82, 2.24) is 0 Å². The highest BCUT2D eigenvalue weighted by Crippen LogP contribution is 2.38. The average molecular weight is 381 g/mol. The summed E-state index contributed by atoms with van der Waals surface area (Å²) in [6.45, 7) is 1.99. The molecule has 0 radical (unpaired) electrons. The molecule has 0 spiro atoms. The van der Waals surface area contributed by atoms with Crippen LogP contribution in [0.2, 0.25) is 0 Å². The molecule has 3 atom stereocenters. The molecular weight excluding hydrogens is 354 g/mol. The van der Waals surface area contributed by atoms with E-state index < -0.39 is 12.2 Å². The summed E-state index contributed by atoms with van der Waals surface area (Å²) in [6.07, 6.45) is 1.14. The minimum atomic E-state index is -0.540. The summed E-state index contributed by atoms with van der Waals surface area (Å²) < 4.78 is 11.5. The van der Waals surface area contributed by atoms with Crippen molar-refractivity contribution >= 4 is 0 Å². The van der Waals surface area contributed by atoms with Crippen LogP contribution in [0.1, 0.15) is 53.7 Å². The highest BCUT2D eigenvalue weighted by molar-refractivity contribution is 5.50. The van der Waals surface area contributed by atoms with E-state index in [1.807, 2.05) is 6.07 Å². The molecule has 1 fully saturated rings. The van der Waals surface area contributed by atoms with Crippen LogP contribution in [-0.2, 0) is 17.6 Å². The normalized spacial score (nSPS) is 21.9. The van der Waals surface area contributed by atoms with Crippen LogP contribution in [0.3, 0.4) is 0 Å². The molecule has 28 heavy (non-hydrogen) atoms. The second kappa shape index (κ2) is 9.20. The van der Waals surface area contributed by atoms with E-state index in [1.54, 1.807) is 13.2 Å². The second-order valence-corrected chi connectivity index (χ2v) is 7.26. The zero-order valence-corrected chi connectivity index (χ0v) is 16.4. The number of hydrogen-bond donors (Lipinski definition) is 2. The Bertz CT molecular complexity index is 841. The molecular formula is C23H27NO4. The van der Waals surface area contributed by atoms with Gasteiger partial charge in [0.15, 0.2) is 0 Å². The van der Waals surface area contributed by atoms with Gasteiger partial charge in [-0.05, 0) is 41.7 Å². The molecule has 2 N–H and O–H groups in total. The number of nitrogens with zero attached hydrogens (tertiary/aromatic N) is 1. The first-order valence-corrected chi connectivity index (χ1v) is 9.71. The van der Waals surface area contributed by atoms with E-state index in [0.717, 1.165) is 23.1 Å². The molecule has 0 aliphatic carbocycles. The molecule has 5 heteroatoms. The van der Waals surface area contributed by atoms with E-state index in [4.69, 9.17) is 9.47 Å². The van der Waals surface area contributed by atoms with Crippen LogP contribution in [0.25, 0.3) is 0 Å². The molecule has 2 aromatic carbocycles. The number of hydrogen-bond acceptors (Lipinski definition) is 5. The largest absolute Gasteiger partial charge is 0.496 e. The van der Waals surface area contributed by atoms with Crippen LogP contribution in [-0.4, -0.2) is 36.1 Å². The number of methoxy groups -OCH3 is 1. The Morgan fingerprint density at radius 1 is 1.18 bits per heavy atom.